The molecule has 0 spiro atoms. The lowest BCUT2D eigenvalue weighted by Gasteiger charge is -2.27. The molecule has 2 aliphatic rings. The molecule has 1 fully saturated rings. The Morgan fingerprint density at radius 1 is 1.14 bits per heavy atom. The minimum Gasteiger partial charge on any atom is -0.360 e. The molecule has 3 N–H and O–H groups in total. The topological polar surface area (TPSA) is 172 Å². The first-order valence-corrected chi connectivity index (χ1v) is 11.4. The van der Waals surface area contributed by atoms with E-state index in [0.29, 0.717) is 5.69 Å². The first-order valence-electron chi connectivity index (χ1n) is 11.4. The highest BCUT2D eigenvalue weighted by Crippen LogP contribution is 2.32. The van der Waals surface area contributed by atoms with Gasteiger partial charge in [0.05, 0.1) is 34.0 Å². The molecule has 6 rings (SSSR count). The van der Waals surface area contributed by atoms with Gasteiger partial charge in [-0.05, 0) is 30.7 Å². The number of piperidine rings is 1. The van der Waals surface area contributed by atoms with E-state index in [1.54, 1.807) is 18.6 Å². The Morgan fingerprint density at radius 2 is 2.00 bits per heavy atom. The predicted octanol–water partition coefficient (Wildman–Crippen LogP) is 0.861. The Morgan fingerprint density at radius 3 is 2.84 bits per heavy atom. The van der Waals surface area contributed by atoms with E-state index in [4.69, 9.17) is 0 Å². The number of pyridine rings is 1. The van der Waals surface area contributed by atoms with Crippen molar-refractivity contribution in [2.45, 2.75) is 25.4 Å². The second-order valence-electron chi connectivity index (χ2n) is 8.66. The van der Waals surface area contributed by atoms with Crippen LogP contribution in [0.2, 0.25) is 0 Å². The second-order valence-corrected chi connectivity index (χ2v) is 8.66. The van der Waals surface area contributed by atoms with E-state index < -0.39 is 35.6 Å². The van der Waals surface area contributed by atoms with Crippen LogP contribution in [-0.4, -0.2) is 65.4 Å². The van der Waals surface area contributed by atoms with E-state index in [1.807, 2.05) is 12.1 Å². The molecule has 0 aliphatic carbocycles. The van der Waals surface area contributed by atoms with Gasteiger partial charge in [0, 0.05) is 24.4 Å². The maximum absolute atomic E-state index is 13.2. The van der Waals surface area contributed by atoms with Crippen molar-refractivity contribution in [3.63, 3.8) is 0 Å². The largest absolute Gasteiger partial charge is 0.360 e. The van der Waals surface area contributed by atoms with Crippen LogP contribution in [0.5, 0.6) is 0 Å². The molecule has 0 bridgehead atoms. The van der Waals surface area contributed by atoms with Gasteiger partial charge in [-0.1, -0.05) is 11.3 Å². The summed E-state index contributed by atoms with van der Waals surface area (Å²) < 4.78 is 1.34. The fourth-order valence-electron chi connectivity index (χ4n) is 4.54. The molecule has 3 aromatic heterocycles. The average molecular weight is 498 g/mol. The molecule has 1 unspecified atom stereocenters. The molecule has 0 radical (unpaired) electrons. The van der Waals surface area contributed by atoms with Gasteiger partial charge in [-0.25, -0.2) is 4.68 Å². The van der Waals surface area contributed by atoms with Crippen LogP contribution in [-0.2, 0) is 20.9 Å². The van der Waals surface area contributed by atoms with E-state index in [1.165, 1.54) is 22.9 Å². The van der Waals surface area contributed by atoms with Crippen molar-refractivity contribution in [3.8, 4) is 11.3 Å². The molecule has 1 aromatic carbocycles. The van der Waals surface area contributed by atoms with E-state index in [9.17, 15) is 24.0 Å². The fraction of sp³-hybridized carbons (Fsp3) is 0.167. The molecule has 184 valence electrons. The summed E-state index contributed by atoms with van der Waals surface area (Å²) in [5.41, 5.74) is 3.11. The number of H-pyrrole nitrogens is 1. The van der Waals surface area contributed by atoms with Crippen LogP contribution in [0.25, 0.3) is 22.3 Å². The average Bonchev–Trinajstić information content (AvgIpc) is 3.59. The summed E-state index contributed by atoms with van der Waals surface area (Å²) in [4.78, 5) is 71.0. The molecule has 2 aliphatic heterocycles. The summed E-state index contributed by atoms with van der Waals surface area (Å²) in [7, 11) is 0. The van der Waals surface area contributed by atoms with Crippen LogP contribution in [0.1, 0.15) is 33.6 Å². The van der Waals surface area contributed by atoms with Gasteiger partial charge in [-0.15, -0.1) is 5.10 Å². The van der Waals surface area contributed by atoms with Crippen LogP contribution >= 0.6 is 0 Å². The number of fused-ring (bicyclic) bond motifs is 2. The molecule has 1 saturated heterocycles. The number of benzene rings is 1. The van der Waals surface area contributed by atoms with Gasteiger partial charge >= 0.3 is 0 Å². The number of carbonyl (C=O) groups excluding carboxylic acids is 5. The lowest BCUT2D eigenvalue weighted by molar-refractivity contribution is -0.136. The maximum Gasteiger partial charge on any atom is 0.264 e. The summed E-state index contributed by atoms with van der Waals surface area (Å²) >= 11 is 0. The maximum atomic E-state index is 13.2. The molecule has 5 amide bonds. The molecule has 4 aromatic rings. The van der Waals surface area contributed by atoms with Crippen molar-refractivity contribution >= 4 is 46.3 Å². The van der Waals surface area contributed by atoms with Gasteiger partial charge in [0.25, 0.3) is 11.8 Å². The van der Waals surface area contributed by atoms with Crippen molar-refractivity contribution in [2.24, 2.45) is 0 Å². The van der Waals surface area contributed by atoms with Gasteiger partial charge in [0.2, 0.25) is 17.7 Å². The molecule has 37 heavy (non-hydrogen) atoms. The summed E-state index contributed by atoms with van der Waals surface area (Å²) in [6.45, 7) is -0.201. The number of imide groups is 2. The summed E-state index contributed by atoms with van der Waals surface area (Å²) in [6, 6.07) is 7.12. The Balaban J connectivity index is 1.19. The Hall–Kier alpha value is -5.20. The number of aromatic nitrogens is 5. The highest BCUT2D eigenvalue weighted by molar-refractivity contribution is 6.26. The fourth-order valence-corrected chi connectivity index (χ4v) is 4.54. The number of rotatable bonds is 5. The quantitative estimate of drug-likeness (QED) is 0.340. The minimum absolute atomic E-state index is 0.00449. The highest BCUT2D eigenvalue weighted by Gasteiger charge is 2.45. The van der Waals surface area contributed by atoms with Crippen LogP contribution in [0, 0.1) is 0 Å². The van der Waals surface area contributed by atoms with E-state index >= 15 is 0 Å². The van der Waals surface area contributed by atoms with Gasteiger partial charge in [-0.2, -0.15) is 0 Å². The molecule has 0 saturated carbocycles. The molecular formula is C24H18N8O5. The smallest absolute Gasteiger partial charge is 0.264 e. The minimum atomic E-state index is -1.10. The summed E-state index contributed by atoms with van der Waals surface area (Å²) in [6.07, 6.45) is 5.10. The number of amides is 5. The SMILES string of the molecule is O=C1CCC(N2C(=O)c3cccc(NC(=O)Cn4cc(-c5cnc6cc[nH]c6c5)nn4)c3C2=O)C(=O)N1. The number of aromatic amines is 1. The summed E-state index contributed by atoms with van der Waals surface area (Å²) in [5, 5.41) is 12.9. The number of hydrogen-bond donors (Lipinski definition) is 3. The number of hydrogen-bond acceptors (Lipinski definition) is 8. The lowest BCUT2D eigenvalue weighted by Crippen LogP contribution is -2.54. The van der Waals surface area contributed by atoms with Crippen molar-refractivity contribution < 1.29 is 24.0 Å². The van der Waals surface area contributed by atoms with Gasteiger partial charge in [0.15, 0.2) is 0 Å². The molecule has 5 heterocycles. The lowest BCUT2D eigenvalue weighted by atomic mass is 10.0. The molecule has 13 nitrogen and oxygen atoms in total. The van der Waals surface area contributed by atoms with Crippen LogP contribution in [0.4, 0.5) is 5.69 Å². The Kier molecular flexibility index (Phi) is 5.10. The van der Waals surface area contributed by atoms with Crippen molar-refractivity contribution in [1.82, 2.24) is 35.2 Å². The zero-order valence-electron chi connectivity index (χ0n) is 19.1. The number of nitrogens with one attached hydrogen (secondary N) is 3. The molecular weight excluding hydrogens is 480 g/mol. The third-order valence-electron chi connectivity index (χ3n) is 6.28. The zero-order chi connectivity index (χ0) is 25.7. The van der Waals surface area contributed by atoms with Gasteiger partial charge in [0.1, 0.15) is 18.3 Å². The van der Waals surface area contributed by atoms with E-state index in [-0.39, 0.29) is 36.2 Å². The standard InChI is InChI=1S/C24H18N8O5/c33-19-5-4-18(22(35)28-19)32-23(36)13-2-1-3-15(21(13)24(32)37)27-20(34)11-31-10-17(29-30-31)12-8-16-14(26-9-12)6-7-25-16/h1-3,6-10,18,25H,4-5,11H2,(H,27,34)(H,28,33,35). The van der Waals surface area contributed by atoms with Gasteiger partial charge < -0.3 is 10.3 Å². The van der Waals surface area contributed by atoms with Crippen LogP contribution < -0.4 is 10.6 Å². The normalized spacial score (nSPS) is 17.3. The first-order chi connectivity index (χ1) is 17.9. The van der Waals surface area contributed by atoms with Gasteiger partial charge in [-0.3, -0.25) is 39.2 Å². The third-order valence-corrected chi connectivity index (χ3v) is 6.28. The molecule has 1 atom stereocenters. The first kappa shape index (κ1) is 22.3. The number of anilines is 1. The van der Waals surface area contributed by atoms with Crippen molar-refractivity contribution in [2.75, 3.05) is 5.32 Å². The van der Waals surface area contributed by atoms with Crippen molar-refractivity contribution in [3.05, 3.63) is 60.0 Å². The highest BCUT2D eigenvalue weighted by atomic mass is 16.2. The van der Waals surface area contributed by atoms with Crippen molar-refractivity contribution in [1.29, 1.82) is 0 Å². The second kappa shape index (κ2) is 8.48. The zero-order valence-corrected chi connectivity index (χ0v) is 19.1. The Bertz CT molecular complexity index is 1640. The van der Waals surface area contributed by atoms with E-state index in [0.717, 1.165) is 21.5 Å². The Labute approximate surface area is 207 Å². The van der Waals surface area contributed by atoms with Crippen LogP contribution in [0.15, 0.2) is 48.9 Å². The predicted molar refractivity (Wildman–Crippen MR) is 127 cm³/mol. The number of carbonyl (C=O) groups is 5. The third kappa shape index (κ3) is 3.82. The van der Waals surface area contributed by atoms with E-state index in [2.05, 4.69) is 30.9 Å². The summed E-state index contributed by atoms with van der Waals surface area (Å²) in [5.74, 6) is -3.02. The van der Waals surface area contributed by atoms with Crippen LogP contribution in [0.3, 0.4) is 0 Å². The molecule has 13 heteroatoms. The number of nitrogens with zero attached hydrogens (tertiary/aromatic N) is 5. The monoisotopic (exact) mass is 498 g/mol.